The molecule has 0 spiro atoms. The molecular weight excluding hydrogens is 355 g/mol. The highest BCUT2D eigenvalue weighted by atomic mass is 79.9. The van der Waals surface area contributed by atoms with E-state index in [2.05, 4.69) is 36.8 Å². The number of hydrogen-bond donors (Lipinski definition) is 1. The van der Waals surface area contributed by atoms with Crippen LogP contribution in [0.4, 0.5) is 10.1 Å². The van der Waals surface area contributed by atoms with Gasteiger partial charge < -0.3 is 10.5 Å². The Morgan fingerprint density at radius 1 is 1.24 bits per heavy atom. The normalized spacial score (nSPS) is 10.3. The Kier molecular flexibility index (Phi) is 3.63. The lowest BCUT2D eigenvalue weighted by molar-refractivity contribution is 0.460. The van der Waals surface area contributed by atoms with Crippen LogP contribution in [0.5, 0.6) is 11.6 Å². The van der Waals surface area contributed by atoms with Crippen molar-refractivity contribution in [1.82, 2.24) is 4.98 Å². The number of halogens is 3. The molecule has 2 N–H and O–H groups in total. The molecule has 88 valence electrons. The number of anilines is 1. The van der Waals surface area contributed by atoms with E-state index < -0.39 is 0 Å². The first-order valence-electron chi connectivity index (χ1n) is 4.60. The molecule has 0 amide bonds. The molecular formula is C11H7Br2FN2O. The van der Waals surface area contributed by atoms with Gasteiger partial charge >= 0.3 is 0 Å². The molecule has 0 unspecified atom stereocenters. The summed E-state index contributed by atoms with van der Waals surface area (Å²) < 4.78 is 19.6. The molecule has 2 rings (SSSR count). The van der Waals surface area contributed by atoms with Gasteiger partial charge in [0.05, 0.1) is 10.2 Å². The minimum atomic E-state index is -0.346. The van der Waals surface area contributed by atoms with Crippen LogP contribution in [0.1, 0.15) is 0 Å². The predicted octanol–water partition coefficient (Wildman–Crippen LogP) is 4.12. The number of benzene rings is 1. The number of nitrogens with zero attached hydrogens (tertiary/aromatic N) is 1. The van der Waals surface area contributed by atoms with Crippen LogP contribution in [0.25, 0.3) is 0 Å². The summed E-state index contributed by atoms with van der Waals surface area (Å²) in [5.74, 6) is 0.384. The average Bonchev–Trinajstić information content (AvgIpc) is 2.25. The third kappa shape index (κ3) is 2.95. The van der Waals surface area contributed by atoms with E-state index in [0.717, 1.165) is 4.47 Å². The fourth-order valence-electron chi connectivity index (χ4n) is 1.19. The van der Waals surface area contributed by atoms with Gasteiger partial charge in [0.1, 0.15) is 11.6 Å². The van der Waals surface area contributed by atoms with E-state index in [0.29, 0.717) is 15.9 Å². The predicted molar refractivity (Wildman–Crippen MR) is 70.5 cm³/mol. The first-order chi connectivity index (χ1) is 8.06. The Morgan fingerprint density at radius 3 is 2.65 bits per heavy atom. The molecule has 0 atom stereocenters. The van der Waals surface area contributed by atoms with E-state index in [4.69, 9.17) is 10.5 Å². The summed E-state index contributed by atoms with van der Waals surface area (Å²) >= 11 is 6.45. The van der Waals surface area contributed by atoms with Crippen LogP contribution in [0.15, 0.2) is 39.4 Å². The van der Waals surface area contributed by atoms with E-state index in [9.17, 15) is 4.39 Å². The van der Waals surface area contributed by atoms with Crippen LogP contribution < -0.4 is 10.5 Å². The van der Waals surface area contributed by atoms with Crippen LogP contribution in [0, 0.1) is 5.82 Å². The molecule has 1 aromatic carbocycles. The molecule has 0 aliphatic heterocycles. The van der Waals surface area contributed by atoms with Gasteiger partial charge in [-0.15, -0.1) is 0 Å². The minimum Gasteiger partial charge on any atom is -0.436 e. The second-order valence-corrected chi connectivity index (χ2v) is 4.99. The fourth-order valence-corrected chi connectivity index (χ4v) is 1.97. The Balaban J connectivity index is 2.31. The van der Waals surface area contributed by atoms with Crippen LogP contribution in [0.3, 0.4) is 0 Å². The van der Waals surface area contributed by atoms with Crippen LogP contribution in [0.2, 0.25) is 0 Å². The molecule has 3 nitrogen and oxygen atoms in total. The van der Waals surface area contributed by atoms with E-state index in [1.807, 2.05) is 0 Å². The van der Waals surface area contributed by atoms with Gasteiger partial charge in [0.25, 0.3) is 0 Å². The van der Waals surface area contributed by atoms with Crippen molar-refractivity contribution < 1.29 is 9.13 Å². The summed E-state index contributed by atoms with van der Waals surface area (Å²) in [6, 6.07) is 5.79. The Labute approximate surface area is 114 Å². The van der Waals surface area contributed by atoms with Crippen molar-refractivity contribution in [2.24, 2.45) is 0 Å². The van der Waals surface area contributed by atoms with E-state index in [1.54, 1.807) is 12.3 Å². The molecule has 0 radical (unpaired) electrons. The van der Waals surface area contributed by atoms with Gasteiger partial charge in [-0.05, 0) is 56.1 Å². The van der Waals surface area contributed by atoms with Crippen molar-refractivity contribution in [2.75, 3.05) is 5.73 Å². The number of aromatic nitrogens is 1. The molecule has 1 aromatic heterocycles. The topological polar surface area (TPSA) is 48.1 Å². The zero-order valence-electron chi connectivity index (χ0n) is 8.45. The van der Waals surface area contributed by atoms with Gasteiger partial charge in [0.2, 0.25) is 5.88 Å². The van der Waals surface area contributed by atoms with Gasteiger partial charge in [-0.1, -0.05) is 0 Å². The first-order valence-corrected chi connectivity index (χ1v) is 6.19. The lowest BCUT2D eigenvalue weighted by atomic mass is 10.3. The third-order valence-electron chi connectivity index (χ3n) is 1.95. The SMILES string of the molecule is Nc1cc(Br)cnc1Oc1ccc(F)cc1Br. The van der Waals surface area contributed by atoms with Gasteiger partial charge in [-0.2, -0.15) is 0 Å². The van der Waals surface area contributed by atoms with Crippen molar-refractivity contribution in [1.29, 1.82) is 0 Å². The summed E-state index contributed by atoms with van der Waals surface area (Å²) in [5, 5.41) is 0. The Morgan fingerprint density at radius 2 is 2.00 bits per heavy atom. The standard InChI is InChI=1S/C11H7Br2FN2O/c12-6-3-9(15)11(16-5-6)17-10-2-1-7(14)4-8(10)13/h1-5H,15H2. The smallest absolute Gasteiger partial charge is 0.242 e. The summed E-state index contributed by atoms with van der Waals surface area (Å²) in [7, 11) is 0. The zero-order valence-corrected chi connectivity index (χ0v) is 11.6. The van der Waals surface area contributed by atoms with E-state index in [1.165, 1.54) is 18.2 Å². The molecule has 0 saturated heterocycles. The lowest BCUT2D eigenvalue weighted by Gasteiger charge is -2.08. The van der Waals surface area contributed by atoms with Crippen molar-refractivity contribution in [3.8, 4) is 11.6 Å². The maximum absolute atomic E-state index is 12.9. The summed E-state index contributed by atoms with van der Waals surface area (Å²) in [4.78, 5) is 4.03. The number of nitrogen functional groups attached to an aromatic ring is 1. The fraction of sp³-hybridized carbons (Fsp3) is 0. The quantitative estimate of drug-likeness (QED) is 0.875. The van der Waals surface area contributed by atoms with Gasteiger partial charge in [0, 0.05) is 10.7 Å². The monoisotopic (exact) mass is 360 g/mol. The summed E-state index contributed by atoms with van der Waals surface area (Å²) in [5.41, 5.74) is 6.14. The molecule has 0 aliphatic carbocycles. The van der Waals surface area contributed by atoms with Crippen molar-refractivity contribution in [2.45, 2.75) is 0 Å². The summed E-state index contributed by atoms with van der Waals surface area (Å²) in [6.45, 7) is 0. The zero-order chi connectivity index (χ0) is 12.4. The highest BCUT2D eigenvalue weighted by Crippen LogP contribution is 2.32. The number of pyridine rings is 1. The van der Waals surface area contributed by atoms with E-state index >= 15 is 0 Å². The van der Waals surface area contributed by atoms with Crippen molar-refractivity contribution >= 4 is 37.5 Å². The number of rotatable bonds is 2. The molecule has 1 heterocycles. The van der Waals surface area contributed by atoms with Gasteiger partial charge in [-0.3, -0.25) is 0 Å². The third-order valence-corrected chi connectivity index (χ3v) is 3.00. The highest BCUT2D eigenvalue weighted by Gasteiger charge is 2.08. The van der Waals surface area contributed by atoms with Crippen LogP contribution in [-0.4, -0.2) is 4.98 Å². The van der Waals surface area contributed by atoms with Crippen molar-refractivity contribution in [3.05, 3.63) is 45.2 Å². The maximum Gasteiger partial charge on any atom is 0.242 e. The molecule has 0 bridgehead atoms. The Hall–Kier alpha value is -1.14. The maximum atomic E-state index is 12.9. The van der Waals surface area contributed by atoms with Crippen molar-refractivity contribution in [3.63, 3.8) is 0 Å². The second-order valence-electron chi connectivity index (χ2n) is 3.22. The molecule has 17 heavy (non-hydrogen) atoms. The number of ether oxygens (including phenoxy) is 1. The highest BCUT2D eigenvalue weighted by molar-refractivity contribution is 9.10. The van der Waals surface area contributed by atoms with Gasteiger partial charge in [0.15, 0.2) is 0 Å². The van der Waals surface area contributed by atoms with E-state index in [-0.39, 0.29) is 11.7 Å². The van der Waals surface area contributed by atoms with Crippen LogP contribution in [-0.2, 0) is 0 Å². The average molecular weight is 362 g/mol. The Bertz CT molecular complexity index is 514. The summed E-state index contributed by atoms with van der Waals surface area (Å²) in [6.07, 6.45) is 1.57. The molecule has 6 heteroatoms. The number of hydrogen-bond acceptors (Lipinski definition) is 3. The first kappa shape index (κ1) is 12.3. The second kappa shape index (κ2) is 5.01. The number of nitrogens with two attached hydrogens (primary N) is 1. The largest absolute Gasteiger partial charge is 0.436 e. The minimum absolute atomic E-state index is 0.278. The van der Waals surface area contributed by atoms with Gasteiger partial charge in [-0.25, -0.2) is 9.37 Å². The molecule has 0 saturated carbocycles. The lowest BCUT2D eigenvalue weighted by Crippen LogP contribution is -1.95. The molecule has 0 aliphatic rings. The van der Waals surface area contributed by atoms with Crippen LogP contribution >= 0.6 is 31.9 Å². The molecule has 0 fully saturated rings. The molecule has 2 aromatic rings.